The average molecular weight is 448 g/mol. The van der Waals surface area contributed by atoms with Gasteiger partial charge in [0.2, 0.25) is 10.1 Å². The topological polar surface area (TPSA) is 62.5 Å². The van der Waals surface area contributed by atoms with Gasteiger partial charge in [-0.05, 0) is 37.0 Å². The minimum absolute atomic E-state index is 0.106. The second kappa shape index (κ2) is 8.08. The number of anilines is 1. The highest BCUT2D eigenvalue weighted by Gasteiger charge is 2.20. The normalized spacial score (nSPS) is 16.1. The lowest BCUT2D eigenvalue weighted by Gasteiger charge is -2.32. The van der Waals surface area contributed by atoms with Crippen molar-refractivity contribution >= 4 is 37.4 Å². The van der Waals surface area contributed by atoms with E-state index in [1.165, 1.54) is 21.4 Å². The van der Waals surface area contributed by atoms with Crippen LogP contribution in [0.5, 0.6) is 0 Å². The molecular weight excluding hydrogens is 426 g/mol. The monoisotopic (exact) mass is 447 g/mol. The fourth-order valence-corrected chi connectivity index (χ4v) is 4.52. The molecule has 0 spiro atoms. The second-order valence-corrected chi connectivity index (χ2v) is 8.73. The Morgan fingerprint density at radius 1 is 1.26 bits per heavy atom. The molecule has 0 atom stereocenters. The molecule has 0 aliphatic carbocycles. The van der Waals surface area contributed by atoms with Gasteiger partial charge in [0.15, 0.2) is 0 Å². The zero-order valence-electron chi connectivity index (χ0n) is 15.2. The number of rotatable bonds is 5. The van der Waals surface area contributed by atoms with E-state index in [9.17, 15) is 4.79 Å². The van der Waals surface area contributed by atoms with Crippen molar-refractivity contribution in [1.29, 1.82) is 0 Å². The Morgan fingerprint density at radius 2 is 2.00 bits per heavy atom. The van der Waals surface area contributed by atoms with Crippen LogP contribution in [0.15, 0.2) is 39.6 Å². The third-order valence-corrected chi connectivity index (χ3v) is 6.26. The summed E-state index contributed by atoms with van der Waals surface area (Å²) < 4.78 is 2.51. The van der Waals surface area contributed by atoms with Gasteiger partial charge in [0, 0.05) is 41.9 Å². The molecule has 0 radical (unpaired) electrons. The van der Waals surface area contributed by atoms with Crippen LogP contribution >= 0.6 is 27.3 Å². The largest absolute Gasteiger partial charge is 0.357 e. The van der Waals surface area contributed by atoms with Gasteiger partial charge in [-0.1, -0.05) is 46.3 Å². The number of likely N-dealkylation sites (tertiary alicyclic amines) is 1. The Kier molecular flexibility index (Phi) is 5.56. The molecule has 0 saturated carbocycles. The maximum Gasteiger partial charge on any atom is 0.275 e. The zero-order valence-corrected chi connectivity index (χ0v) is 17.6. The summed E-state index contributed by atoms with van der Waals surface area (Å²) >= 11 is 4.93. The van der Waals surface area contributed by atoms with Crippen molar-refractivity contribution in [2.75, 3.05) is 18.4 Å². The standard InChI is InChI=1S/C19H22BrN5OS/c1-2-15-11-17(26)25-19(22-15)27-18(23-25)21-16-7-9-24(10-8-16)12-13-3-5-14(20)6-4-13/h3-6,11,16H,2,7-10,12H2,1H3,(H,21,23). The smallest absolute Gasteiger partial charge is 0.275 e. The highest BCUT2D eigenvalue weighted by molar-refractivity contribution is 9.10. The molecule has 1 saturated heterocycles. The number of piperidine rings is 1. The fraction of sp³-hybridized carbons (Fsp3) is 0.421. The molecule has 0 unspecified atom stereocenters. The van der Waals surface area contributed by atoms with Gasteiger partial charge in [0.1, 0.15) is 0 Å². The zero-order chi connectivity index (χ0) is 18.8. The minimum Gasteiger partial charge on any atom is -0.357 e. The second-order valence-electron chi connectivity index (χ2n) is 6.86. The highest BCUT2D eigenvalue weighted by Crippen LogP contribution is 2.22. The highest BCUT2D eigenvalue weighted by atomic mass is 79.9. The summed E-state index contributed by atoms with van der Waals surface area (Å²) in [5.41, 5.74) is 2.05. The van der Waals surface area contributed by atoms with Crippen LogP contribution in [0.1, 0.15) is 31.0 Å². The van der Waals surface area contributed by atoms with Crippen LogP contribution in [0.4, 0.5) is 5.13 Å². The molecule has 27 heavy (non-hydrogen) atoms. The number of halogens is 1. The van der Waals surface area contributed by atoms with Crippen molar-refractivity contribution in [3.05, 3.63) is 56.4 Å². The van der Waals surface area contributed by atoms with E-state index in [1.807, 2.05) is 6.92 Å². The number of nitrogens with one attached hydrogen (secondary N) is 1. The van der Waals surface area contributed by atoms with Crippen LogP contribution in [-0.2, 0) is 13.0 Å². The SMILES string of the molecule is CCc1cc(=O)n2nc(NC3CCN(Cc4ccc(Br)cc4)CC3)sc2n1. The quantitative estimate of drug-likeness (QED) is 0.647. The van der Waals surface area contributed by atoms with Crippen LogP contribution in [0.2, 0.25) is 0 Å². The van der Waals surface area contributed by atoms with E-state index in [0.29, 0.717) is 11.0 Å². The summed E-state index contributed by atoms with van der Waals surface area (Å²) in [4.78, 5) is 19.8. The predicted octanol–water partition coefficient (Wildman–Crippen LogP) is 3.55. The summed E-state index contributed by atoms with van der Waals surface area (Å²) in [6.07, 6.45) is 2.88. The van der Waals surface area contributed by atoms with E-state index < -0.39 is 0 Å². The van der Waals surface area contributed by atoms with Crippen LogP contribution in [-0.4, -0.2) is 38.6 Å². The molecule has 1 aromatic carbocycles. The Balaban J connectivity index is 1.36. The van der Waals surface area contributed by atoms with E-state index in [2.05, 4.69) is 60.5 Å². The first-order valence-corrected chi connectivity index (χ1v) is 10.8. The van der Waals surface area contributed by atoms with Crippen molar-refractivity contribution in [2.24, 2.45) is 0 Å². The van der Waals surface area contributed by atoms with Gasteiger partial charge in [-0.3, -0.25) is 9.69 Å². The van der Waals surface area contributed by atoms with Crippen LogP contribution in [0.3, 0.4) is 0 Å². The van der Waals surface area contributed by atoms with Crippen LogP contribution in [0, 0.1) is 0 Å². The van der Waals surface area contributed by atoms with Gasteiger partial charge < -0.3 is 5.32 Å². The van der Waals surface area contributed by atoms with Crippen LogP contribution in [0.25, 0.3) is 4.96 Å². The fourth-order valence-electron chi connectivity index (χ4n) is 3.35. The lowest BCUT2D eigenvalue weighted by molar-refractivity contribution is 0.211. The lowest BCUT2D eigenvalue weighted by atomic mass is 10.0. The Labute approximate surface area is 170 Å². The van der Waals surface area contributed by atoms with Crippen molar-refractivity contribution in [1.82, 2.24) is 19.5 Å². The maximum absolute atomic E-state index is 12.1. The molecule has 142 valence electrons. The number of benzene rings is 1. The number of aryl methyl sites for hydroxylation is 1. The maximum atomic E-state index is 12.1. The van der Waals surface area contributed by atoms with E-state index in [4.69, 9.17) is 0 Å². The third kappa shape index (κ3) is 4.39. The van der Waals surface area contributed by atoms with E-state index >= 15 is 0 Å². The predicted molar refractivity (Wildman–Crippen MR) is 113 cm³/mol. The Hall–Kier alpha value is -1.77. The number of aromatic nitrogens is 3. The van der Waals surface area contributed by atoms with Crippen molar-refractivity contribution in [3.8, 4) is 0 Å². The molecule has 4 rings (SSSR count). The molecule has 1 N–H and O–H groups in total. The molecule has 2 aromatic heterocycles. The number of hydrogen-bond donors (Lipinski definition) is 1. The minimum atomic E-state index is -0.106. The van der Waals surface area contributed by atoms with Gasteiger partial charge in [-0.2, -0.15) is 4.52 Å². The van der Waals surface area contributed by atoms with Gasteiger partial charge in [-0.15, -0.1) is 5.10 Å². The first kappa shape index (κ1) is 18.6. The first-order chi connectivity index (χ1) is 13.1. The van der Waals surface area contributed by atoms with Gasteiger partial charge in [0.25, 0.3) is 5.56 Å². The number of fused-ring (bicyclic) bond motifs is 1. The summed E-state index contributed by atoms with van der Waals surface area (Å²) in [6, 6.07) is 10.5. The van der Waals surface area contributed by atoms with E-state index in [0.717, 1.165) is 54.2 Å². The summed E-state index contributed by atoms with van der Waals surface area (Å²) in [6.45, 7) is 5.09. The average Bonchev–Trinajstić information content (AvgIpc) is 3.08. The molecule has 0 bridgehead atoms. The first-order valence-electron chi connectivity index (χ1n) is 9.24. The lowest BCUT2D eigenvalue weighted by Crippen LogP contribution is -2.38. The van der Waals surface area contributed by atoms with Crippen LogP contribution < -0.4 is 10.9 Å². The van der Waals surface area contributed by atoms with E-state index in [1.54, 1.807) is 6.07 Å². The van der Waals surface area contributed by atoms with Crippen molar-refractivity contribution in [2.45, 2.75) is 38.8 Å². The molecule has 1 aliphatic heterocycles. The van der Waals surface area contributed by atoms with E-state index in [-0.39, 0.29) is 5.56 Å². The molecule has 1 fully saturated rings. The van der Waals surface area contributed by atoms with Gasteiger partial charge in [-0.25, -0.2) is 4.98 Å². The summed E-state index contributed by atoms with van der Waals surface area (Å²) in [5, 5.41) is 8.69. The van der Waals surface area contributed by atoms with Gasteiger partial charge in [0.05, 0.1) is 0 Å². The van der Waals surface area contributed by atoms with Crippen molar-refractivity contribution in [3.63, 3.8) is 0 Å². The Bertz CT molecular complexity index is 976. The molecule has 1 aliphatic rings. The Morgan fingerprint density at radius 3 is 2.70 bits per heavy atom. The molecule has 3 heterocycles. The number of hydrogen-bond acceptors (Lipinski definition) is 6. The molecule has 6 nitrogen and oxygen atoms in total. The molecule has 0 amide bonds. The molecule has 3 aromatic rings. The molecule has 8 heteroatoms. The molecular formula is C19H22BrN5OS. The third-order valence-electron chi connectivity index (χ3n) is 4.89. The van der Waals surface area contributed by atoms with Gasteiger partial charge >= 0.3 is 0 Å². The summed E-state index contributed by atoms with van der Waals surface area (Å²) in [5.74, 6) is 0. The summed E-state index contributed by atoms with van der Waals surface area (Å²) in [7, 11) is 0. The van der Waals surface area contributed by atoms with Crippen molar-refractivity contribution < 1.29 is 0 Å². The number of nitrogens with zero attached hydrogens (tertiary/aromatic N) is 4.